The molecule has 1 heterocycles. The predicted molar refractivity (Wildman–Crippen MR) is 116 cm³/mol. The molecule has 1 aliphatic rings. The number of carbonyl (C=O) groups is 1. The van der Waals surface area contributed by atoms with Gasteiger partial charge in [-0.05, 0) is 42.0 Å². The Morgan fingerprint density at radius 1 is 1.03 bits per heavy atom. The Hall–Kier alpha value is -3.39. The Bertz CT molecular complexity index is 1240. The number of halogens is 1. The summed E-state index contributed by atoms with van der Waals surface area (Å²) < 4.78 is 46.7. The minimum absolute atomic E-state index is 0.0544. The molecular weight excluding hydrogens is 419 g/mol. The van der Waals surface area contributed by atoms with Gasteiger partial charge in [0.25, 0.3) is 10.0 Å². The third-order valence-electron chi connectivity index (χ3n) is 5.26. The monoisotopic (exact) mass is 440 g/mol. The first-order chi connectivity index (χ1) is 14.8. The largest absolute Gasteiger partial charge is 0.497 e. The molecule has 1 amide bonds. The van der Waals surface area contributed by atoms with E-state index in [2.05, 4.69) is 0 Å². The first-order valence-electron chi connectivity index (χ1n) is 9.60. The summed E-state index contributed by atoms with van der Waals surface area (Å²) in [6.45, 7) is -0.0778. The van der Waals surface area contributed by atoms with Crippen LogP contribution in [0.2, 0.25) is 0 Å². The maximum absolute atomic E-state index is 13.9. The van der Waals surface area contributed by atoms with Crippen LogP contribution in [0.15, 0.2) is 71.6 Å². The van der Waals surface area contributed by atoms with E-state index < -0.39 is 15.8 Å². The second-order valence-electron chi connectivity index (χ2n) is 7.27. The molecule has 0 saturated heterocycles. The molecule has 0 radical (unpaired) electrons. The highest BCUT2D eigenvalue weighted by Crippen LogP contribution is 2.43. The van der Waals surface area contributed by atoms with Gasteiger partial charge in [-0.3, -0.25) is 9.10 Å². The molecule has 31 heavy (non-hydrogen) atoms. The number of nitrogens with zero attached hydrogens (tertiary/aromatic N) is 2. The molecule has 0 aliphatic carbocycles. The van der Waals surface area contributed by atoms with E-state index in [9.17, 15) is 17.6 Å². The number of hydrogen-bond acceptors (Lipinski definition) is 4. The van der Waals surface area contributed by atoms with Crippen molar-refractivity contribution in [2.75, 3.05) is 25.0 Å². The van der Waals surface area contributed by atoms with E-state index in [4.69, 9.17) is 4.74 Å². The van der Waals surface area contributed by atoms with E-state index in [0.717, 1.165) is 9.87 Å². The summed E-state index contributed by atoms with van der Waals surface area (Å²) >= 11 is 0. The lowest BCUT2D eigenvalue weighted by molar-refractivity contribution is -0.128. The summed E-state index contributed by atoms with van der Waals surface area (Å²) in [5.41, 5.74) is 2.03. The van der Waals surface area contributed by atoms with Gasteiger partial charge in [0.15, 0.2) is 0 Å². The Morgan fingerprint density at radius 3 is 2.45 bits per heavy atom. The smallest absolute Gasteiger partial charge is 0.265 e. The van der Waals surface area contributed by atoms with E-state index in [1.165, 1.54) is 29.2 Å². The van der Waals surface area contributed by atoms with Gasteiger partial charge < -0.3 is 9.64 Å². The third-order valence-corrected chi connectivity index (χ3v) is 7.07. The molecule has 1 aliphatic heterocycles. The molecule has 0 aromatic heterocycles. The van der Waals surface area contributed by atoms with Crippen LogP contribution >= 0.6 is 0 Å². The Kier molecular flexibility index (Phi) is 5.41. The highest BCUT2D eigenvalue weighted by Gasteiger charge is 2.36. The standard InChI is InChI=1S/C23H21FN2O4S/c1-25(14-16-7-10-18(30-2)11-8-16)23(27)15-26-21-12-9-17(24)13-20(21)19-5-3-4-6-22(19)31(26,28)29/h3-13H,14-15H2,1-2H3. The number of carbonyl (C=O) groups excluding carboxylic acids is 1. The fourth-order valence-corrected chi connectivity index (χ4v) is 5.25. The summed E-state index contributed by atoms with van der Waals surface area (Å²) in [6.07, 6.45) is 0. The molecule has 0 fully saturated rings. The van der Waals surface area contributed by atoms with Crippen LogP contribution in [0.3, 0.4) is 0 Å². The van der Waals surface area contributed by atoms with Crippen molar-refractivity contribution in [2.24, 2.45) is 0 Å². The Labute approximate surface area is 180 Å². The summed E-state index contributed by atoms with van der Waals surface area (Å²) in [4.78, 5) is 14.4. The number of methoxy groups -OCH3 is 1. The number of hydrogen-bond donors (Lipinski definition) is 0. The van der Waals surface area contributed by atoms with Gasteiger partial charge in [-0.2, -0.15) is 0 Å². The molecule has 8 heteroatoms. The lowest BCUT2D eigenvalue weighted by atomic mass is 10.0. The highest BCUT2D eigenvalue weighted by atomic mass is 32.2. The minimum atomic E-state index is -3.97. The van der Waals surface area contributed by atoms with Crippen LogP contribution in [-0.2, 0) is 21.4 Å². The SMILES string of the molecule is COc1ccc(CN(C)C(=O)CN2c3ccc(F)cc3-c3ccccc3S2(=O)=O)cc1. The van der Waals surface area contributed by atoms with E-state index in [0.29, 0.717) is 23.4 Å². The number of ether oxygens (including phenoxy) is 1. The quantitative estimate of drug-likeness (QED) is 0.607. The van der Waals surface area contributed by atoms with Crippen molar-refractivity contribution in [2.45, 2.75) is 11.4 Å². The van der Waals surface area contributed by atoms with Gasteiger partial charge in [-0.25, -0.2) is 12.8 Å². The van der Waals surface area contributed by atoms with Crippen molar-refractivity contribution < 1.29 is 22.3 Å². The number of anilines is 1. The van der Waals surface area contributed by atoms with E-state index in [1.807, 2.05) is 12.1 Å². The van der Waals surface area contributed by atoms with Crippen LogP contribution in [0, 0.1) is 5.82 Å². The fourth-order valence-electron chi connectivity index (χ4n) is 3.61. The molecule has 6 nitrogen and oxygen atoms in total. The number of fused-ring (bicyclic) bond motifs is 3. The van der Waals surface area contributed by atoms with Gasteiger partial charge in [0.05, 0.1) is 17.7 Å². The zero-order chi connectivity index (χ0) is 22.2. The van der Waals surface area contributed by atoms with Crippen LogP contribution in [0.5, 0.6) is 5.75 Å². The molecule has 0 unspecified atom stereocenters. The third kappa shape index (κ3) is 3.86. The molecule has 0 bridgehead atoms. The molecular formula is C23H21FN2O4S. The first-order valence-corrected chi connectivity index (χ1v) is 11.0. The topological polar surface area (TPSA) is 66.9 Å². The average molecular weight is 440 g/mol. The van der Waals surface area contributed by atoms with Crippen molar-refractivity contribution in [3.63, 3.8) is 0 Å². The maximum Gasteiger partial charge on any atom is 0.265 e. The lowest BCUT2D eigenvalue weighted by Gasteiger charge is -2.32. The Morgan fingerprint density at radius 2 is 1.74 bits per heavy atom. The van der Waals surface area contributed by atoms with Gasteiger partial charge in [0.2, 0.25) is 5.91 Å². The van der Waals surface area contributed by atoms with E-state index in [1.54, 1.807) is 44.5 Å². The van der Waals surface area contributed by atoms with Crippen molar-refractivity contribution in [3.8, 4) is 16.9 Å². The van der Waals surface area contributed by atoms with E-state index in [-0.39, 0.29) is 23.0 Å². The summed E-state index contributed by atoms with van der Waals surface area (Å²) in [7, 11) is -0.784. The van der Waals surface area contributed by atoms with Gasteiger partial charge in [0, 0.05) is 24.7 Å². The highest BCUT2D eigenvalue weighted by molar-refractivity contribution is 7.93. The van der Waals surface area contributed by atoms with Gasteiger partial charge >= 0.3 is 0 Å². The number of rotatable bonds is 5. The number of likely N-dealkylation sites (N-methyl/N-ethyl adjacent to an activating group) is 1. The van der Waals surface area contributed by atoms with Crippen molar-refractivity contribution in [1.29, 1.82) is 0 Å². The maximum atomic E-state index is 13.9. The molecule has 0 spiro atoms. The minimum Gasteiger partial charge on any atom is -0.497 e. The molecule has 160 valence electrons. The summed E-state index contributed by atoms with van der Waals surface area (Å²) in [5, 5.41) is 0. The predicted octanol–water partition coefficient (Wildman–Crippen LogP) is 3.67. The van der Waals surface area contributed by atoms with Crippen LogP contribution in [-0.4, -0.2) is 39.9 Å². The summed E-state index contributed by atoms with van der Waals surface area (Å²) in [5.74, 6) is -0.149. The van der Waals surface area contributed by atoms with Gasteiger partial charge in [-0.15, -0.1) is 0 Å². The van der Waals surface area contributed by atoms with Crippen molar-refractivity contribution in [3.05, 3.63) is 78.1 Å². The molecule has 0 saturated carbocycles. The van der Waals surface area contributed by atoms with Crippen molar-refractivity contribution >= 4 is 21.6 Å². The average Bonchev–Trinajstić information content (AvgIpc) is 2.77. The van der Waals surface area contributed by atoms with Crippen LogP contribution < -0.4 is 9.04 Å². The number of amides is 1. The fraction of sp³-hybridized carbons (Fsp3) is 0.174. The molecule has 3 aromatic rings. The van der Waals surface area contributed by atoms with E-state index >= 15 is 0 Å². The van der Waals surface area contributed by atoms with Crippen LogP contribution in [0.25, 0.3) is 11.1 Å². The van der Waals surface area contributed by atoms with Crippen LogP contribution in [0.4, 0.5) is 10.1 Å². The number of sulfonamides is 1. The number of benzene rings is 3. The molecule has 3 aromatic carbocycles. The van der Waals surface area contributed by atoms with Gasteiger partial charge in [-0.1, -0.05) is 30.3 Å². The lowest BCUT2D eigenvalue weighted by Crippen LogP contribution is -2.43. The molecule has 0 N–H and O–H groups in total. The zero-order valence-corrected chi connectivity index (χ0v) is 17.9. The zero-order valence-electron chi connectivity index (χ0n) is 17.1. The second kappa shape index (κ2) is 8.03. The molecule has 4 rings (SSSR count). The normalized spacial score (nSPS) is 13.8. The van der Waals surface area contributed by atoms with Crippen LogP contribution in [0.1, 0.15) is 5.56 Å². The first kappa shape index (κ1) is 20.9. The Balaban J connectivity index is 1.63. The van der Waals surface area contributed by atoms with Crippen molar-refractivity contribution in [1.82, 2.24) is 4.90 Å². The summed E-state index contributed by atoms with van der Waals surface area (Å²) in [6, 6.07) is 17.6. The second-order valence-corrected chi connectivity index (χ2v) is 9.10. The molecule has 0 atom stereocenters. The van der Waals surface area contributed by atoms with Gasteiger partial charge in [0.1, 0.15) is 18.1 Å².